The predicted molar refractivity (Wildman–Crippen MR) is 45.0 cm³/mol. The third kappa shape index (κ3) is 1.72. The Kier molecular flexibility index (Phi) is 2.72. The molecule has 2 unspecified atom stereocenters. The van der Waals surface area contributed by atoms with Gasteiger partial charge in [-0.3, -0.25) is 0 Å². The summed E-state index contributed by atoms with van der Waals surface area (Å²) in [4.78, 5) is 0. The first-order valence-electron chi connectivity index (χ1n) is 4.42. The zero-order chi connectivity index (χ0) is 7.56. The minimum absolute atomic E-state index is 0.850. The first-order chi connectivity index (χ1) is 4.72. The number of rotatable bonds is 1. The lowest BCUT2D eigenvalue weighted by Crippen LogP contribution is -2.37. The Hall–Kier alpha value is -0.0400. The van der Waals surface area contributed by atoms with Gasteiger partial charge in [0.2, 0.25) is 0 Å². The summed E-state index contributed by atoms with van der Waals surface area (Å²) in [6.45, 7) is 9.50. The minimum atomic E-state index is 0.850. The Labute approximate surface area is 64.2 Å². The topological polar surface area (TPSA) is 12.0 Å². The summed E-state index contributed by atoms with van der Waals surface area (Å²) in [7, 11) is 0. The van der Waals surface area contributed by atoms with E-state index in [4.69, 9.17) is 0 Å². The summed E-state index contributed by atoms with van der Waals surface area (Å²) in [5.41, 5.74) is 0. The molecule has 1 heteroatoms. The third-order valence-electron chi connectivity index (χ3n) is 2.74. The van der Waals surface area contributed by atoms with Gasteiger partial charge in [-0.2, -0.15) is 0 Å². The second-order valence-electron chi connectivity index (χ2n) is 3.88. The molecular formula is C9H19N. The highest BCUT2D eigenvalue weighted by molar-refractivity contribution is 4.76. The molecule has 0 aromatic rings. The number of hydrogen-bond acceptors (Lipinski definition) is 1. The molecule has 1 N–H and O–H groups in total. The second kappa shape index (κ2) is 3.38. The van der Waals surface area contributed by atoms with Gasteiger partial charge in [-0.15, -0.1) is 0 Å². The van der Waals surface area contributed by atoms with Crippen molar-refractivity contribution >= 4 is 0 Å². The normalized spacial score (nSPS) is 34.8. The highest BCUT2D eigenvalue weighted by Crippen LogP contribution is 2.24. The van der Waals surface area contributed by atoms with Crippen molar-refractivity contribution in [1.82, 2.24) is 5.32 Å². The van der Waals surface area contributed by atoms with Gasteiger partial charge in [-0.25, -0.2) is 0 Å². The number of piperidine rings is 1. The van der Waals surface area contributed by atoms with Crippen molar-refractivity contribution in [1.29, 1.82) is 0 Å². The van der Waals surface area contributed by atoms with Crippen molar-refractivity contribution in [2.75, 3.05) is 13.1 Å². The molecule has 1 fully saturated rings. The molecule has 1 nitrogen and oxygen atoms in total. The molecule has 1 saturated heterocycles. The van der Waals surface area contributed by atoms with Crippen molar-refractivity contribution in [3.8, 4) is 0 Å². The molecule has 1 heterocycles. The smallest absolute Gasteiger partial charge is 0.00155 e. The zero-order valence-electron chi connectivity index (χ0n) is 7.35. The van der Waals surface area contributed by atoms with Crippen LogP contribution in [0.25, 0.3) is 0 Å². The van der Waals surface area contributed by atoms with Crippen LogP contribution in [0.1, 0.15) is 27.2 Å². The van der Waals surface area contributed by atoms with E-state index in [9.17, 15) is 0 Å². The Morgan fingerprint density at radius 2 is 2.10 bits per heavy atom. The predicted octanol–water partition coefficient (Wildman–Crippen LogP) is 1.89. The van der Waals surface area contributed by atoms with E-state index >= 15 is 0 Å². The van der Waals surface area contributed by atoms with Crippen LogP contribution in [-0.2, 0) is 0 Å². The van der Waals surface area contributed by atoms with Gasteiger partial charge < -0.3 is 5.32 Å². The van der Waals surface area contributed by atoms with Crippen LogP contribution in [0.15, 0.2) is 0 Å². The van der Waals surface area contributed by atoms with Crippen LogP contribution in [0, 0.1) is 17.8 Å². The van der Waals surface area contributed by atoms with Crippen LogP contribution in [0.4, 0.5) is 0 Å². The third-order valence-corrected chi connectivity index (χ3v) is 2.74. The molecule has 10 heavy (non-hydrogen) atoms. The van der Waals surface area contributed by atoms with Gasteiger partial charge in [0.1, 0.15) is 0 Å². The van der Waals surface area contributed by atoms with Crippen LogP contribution in [-0.4, -0.2) is 13.1 Å². The largest absolute Gasteiger partial charge is 0.316 e. The summed E-state index contributed by atoms with van der Waals surface area (Å²) in [6.07, 6.45) is 1.36. The van der Waals surface area contributed by atoms with Crippen molar-refractivity contribution in [2.24, 2.45) is 17.8 Å². The standard InChI is InChI=1S/C9H19N/c1-7(2)9-6-10-5-4-8(9)3/h7-10H,4-6H2,1-3H3. The summed E-state index contributed by atoms with van der Waals surface area (Å²) in [5, 5.41) is 3.45. The number of nitrogens with one attached hydrogen (secondary N) is 1. The van der Waals surface area contributed by atoms with E-state index in [1.807, 2.05) is 0 Å². The van der Waals surface area contributed by atoms with E-state index in [1.54, 1.807) is 0 Å². The Bertz CT molecular complexity index is 98.9. The molecule has 1 aliphatic heterocycles. The van der Waals surface area contributed by atoms with Crippen molar-refractivity contribution in [3.05, 3.63) is 0 Å². The summed E-state index contributed by atoms with van der Waals surface area (Å²) >= 11 is 0. The van der Waals surface area contributed by atoms with Crippen LogP contribution in [0.5, 0.6) is 0 Å². The molecule has 0 spiro atoms. The molecular weight excluding hydrogens is 122 g/mol. The zero-order valence-corrected chi connectivity index (χ0v) is 7.35. The first kappa shape index (κ1) is 8.06. The van der Waals surface area contributed by atoms with Gasteiger partial charge in [-0.1, -0.05) is 20.8 Å². The molecule has 0 aromatic carbocycles. The molecule has 0 radical (unpaired) electrons. The molecule has 2 atom stereocenters. The monoisotopic (exact) mass is 141 g/mol. The molecule has 0 aromatic heterocycles. The van der Waals surface area contributed by atoms with Crippen LogP contribution in [0.2, 0.25) is 0 Å². The maximum Gasteiger partial charge on any atom is -0.00155 e. The molecule has 0 bridgehead atoms. The maximum atomic E-state index is 3.45. The summed E-state index contributed by atoms with van der Waals surface area (Å²) in [6, 6.07) is 0. The van der Waals surface area contributed by atoms with Gasteiger partial charge in [0.15, 0.2) is 0 Å². The van der Waals surface area contributed by atoms with Crippen molar-refractivity contribution < 1.29 is 0 Å². The summed E-state index contributed by atoms with van der Waals surface area (Å²) in [5.74, 6) is 2.69. The van der Waals surface area contributed by atoms with E-state index in [0.29, 0.717) is 0 Å². The Balaban J connectivity index is 2.40. The van der Waals surface area contributed by atoms with E-state index in [-0.39, 0.29) is 0 Å². The van der Waals surface area contributed by atoms with E-state index in [0.717, 1.165) is 17.8 Å². The van der Waals surface area contributed by atoms with Gasteiger partial charge >= 0.3 is 0 Å². The highest BCUT2D eigenvalue weighted by atomic mass is 14.9. The average Bonchev–Trinajstić information content (AvgIpc) is 1.88. The lowest BCUT2D eigenvalue weighted by molar-refractivity contribution is 0.212. The molecule has 1 rings (SSSR count). The fraction of sp³-hybridized carbons (Fsp3) is 1.00. The molecule has 0 aliphatic carbocycles. The van der Waals surface area contributed by atoms with Crippen LogP contribution < -0.4 is 5.32 Å². The van der Waals surface area contributed by atoms with Crippen molar-refractivity contribution in [3.63, 3.8) is 0 Å². The van der Waals surface area contributed by atoms with Gasteiger partial charge in [0.05, 0.1) is 0 Å². The Morgan fingerprint density at radius 3 is 2.50 bits per heavy atom. The van der Waals surface area contributed by atoms with E-state index in [2.05, 4.69) is 26.1 Å². The molecule has 0 amide bonds. The maximum absolute atomic E-state index is 3.45. The fourth-order valence-corrected chi connectivity index (χ4v) is 1.91. The Morgan fingerprint density at radius 1 is 1.40 bits per heavy atom. The van der Waals surface area contributed by atoms with E-state index in [1.165, 1.54) is 19.5 Å². The quantitative estimate of drug-likeness (QED) is 0.588. The van der Waals surface area contributed by atoms with Crippen LogP contribution in [0.3, 0.4) is 0 Å². The van der Waals surface area contributed by atoms with Crippen LogP contribution >= 0.6 is 0 Å². The minimum Gasteiger partial charge on any atom is -0.316 e. The SMILES string of the molecule is CC(C)C1CNCCC1C. The lowest BCUT2D eigenvalue weighted by Gasteiger charge is -2.32. The second-order valence-corrected chi connectivity index (χ2v) is 3.88. The van der Waals surface area contributed by atoms with Gasteiger partial charge in [0.25, 0.3) is 0 Å². The average molecular weight is 141 g/mol. The highest BCUT2D eigenvalue weighted by Gasteiger charge is 2.23. The van der Waals surface area contributed by atoms with Gasteiger partial charge in [0, 0.05) is 0 Å². The molecule has 0 saturated carbocycles. The van der Waals surface area contributed by atoms with Gasteiger partial charge in [-0.05, 0) is 37.3 Å². The van der Waals surface area contributed by atoms with E-state index < -0.39 is 0 Å². The molecule has 60 valence electrons. The number of hydrogen-bond donors (Lipinski definition) is 1. The lowest BCUT2D eigenvalue weighted by atomic mass is 9.80. The first-order valence-corrected chi connectivity index (χ1v) is 4.42. The summed E-state index contributed by atoms with van der Waals surface area (Å²) < 4.78 is 0. The fourth-order valence-electron chi connectivity index (χ4n) is 1.91. The molecule has 1 aliphatic rings. The van der Waals surface area contributed by atoms with Crippen molar-refractivity contribution in [2.45, 2.75) is 27.2 Å².